The van der Waals surface area contributed by atoms with Crippen molar-refractivity contribution >= 4 is 27.5 Å². The first-order chi connectivity index (χ1) is 9.15. The van der Waals surface area contributed by atoms with E-state index in [0.717, 1.165) is 34.7 Å². The second-order valence-electron chi connectivity index (χ2n) is 5.06. The van der Waals surface area contributed by atoms with E-state index < -0.39 is 0 Å². The zero-order valence-electron chi connectivity index (χ0n) is 11.3. The van der Waals surface area contributed by atoms with E-state index in [4.69, 9.17) is 11.6 Å². The van der Waals surface area contributed by atoms with Crippen molar-refractivity contribution in [3.05, 3.63) is 33.3 Å². The fraction of sp³-hybridized carbons (Fsp3) is 0.571. The highest BCUT2D eigenvalue weighted by molar-refractivity contribution is 9.10. The molecule has 0 radical (unpaired) electrons. The number of halogens is 2. The lowest BCUT2D eigenvalue weighted by molar-refractivity contribution is 0.154. The lowest BCUT2D eigenvalue weighted by Crippen LogP contribution is -2.46. The third-order valence-corrected chi connectivity index (χ3v) is 4.38. The van der Waals surface area contributed by atoms with Crippen molar-refractivity contribution < 1.29 is 0 Å². The number of hydrogen-bond acceptors (Lipinski definition) is 3. The molecule has 3 nitrogen and oxygen atoms in total. The van der Waals surface area contributed by atoms with Gasteiger partial charge in [0.15, 0.2) is 0 Å². The average Bonchev–Trinajstić information content (AvgIpc) is 2.39. The zero-order chi connectivity index (χ0) is 13.7. The monoisotopic (exact) mass is 345 g/mol. The van der Waals surface area contributed by atoms with Gasteiger partial charge in [0.2, 0.25) is 0 Å². The van der Waals surface area contributed by atoms with Crippen LogP contribution < -0.4 is 5.32 Å². The summed E-state index contributed by atoms with van der Waals surface area (Å²) in [7, 11) is 2.19. The van der Waals surface area contributed by atoms with Gasteiger partial charge in [-0.15, -0.1) is 0 Å². The summed E-state index contributed by atoms with van der Waals surface area (Å²) in [5.41, 5.74) is 1.16. The van der Waals surface area contributed by atoms with E-state index in [1.54, 1.807) is 0 Å². The molecule has 1 aromatic carbocycles. The lowest BCUT2D eigenvalue weighted by atomic mass is 10.2. The maximum atomic E-state index is 6.19. The Labute approximate surface area is 129 Å². The quantitative estimate of drug-likeness (QED) is 0.826. The van der Waals surface area contributed by atoms with Crippen molar-refractivity contribution in [2.24, 2.45) is 0 Å². The molecule has 0 atom stereocenters. The molecule has 106 valence electrons. The van der Waals surface area contributed by atoms with Crippen LogP contribution in [0.25, 0.3) is 0 Å². The molecule has 1 aromatic rings. The minimum absolute atomic E-state index is 0.821. The number of likely N-dealkylation sites (N-methyl/N-ethyl adjacent to an activating group) is 1. The summed E-state index contributed by atoms with van der Waals surface area (Å²) >= 11 is 9.61. The summed E-state index contributed by atoms with van der Waals surface area (Å²) in [6, 6.07) is 6.04. The van der Waals surface area contributed by atoms with Gasteiger partial charge in [-0.3, -0.25) is 4.90 Å². The molecule has 0 amide bonds. The molecular formula is C14H21BrClN3. The van der Waals surface area contributed by atoms with Crippen LogP contribution in [-0.2, 0) is 6.54 Å². The minimum Gasteiger partial charge on any atom is -0.311 e. The summed E-state index contributed by atoms with van der Waals surface area (Å²) < 4.78 is 1.03. The molecule has 0 bridgehead atoms. The first kappa shape index (κ1) is 15.3. The predicted octanol–water partition coefficient (Wildman–Crippen LogP) is 2.44. The molecular weight excluding hydrogens is 326 g/mol. The van der Waals surface area contributed by atoms with Gasteiger partial charge in [0, 0.05) is 55.3 Å². The van der Waals surface area contributed by atoms with Crippen LogP contribution in [0.4, 0.5) is 0 Å². The third-order valence-electron chi connectivity index (χ3n) is 3.53. The topological polar surface area (TPSA) is 18.5 Å². The second-order valence-corrected chi connectivity index (χ2v) is 6.38. The highest BCUT2D eigenvalue weighted by Crippen LogP contribution is 2.20. The van der Waals surface area contributed by atoms with Gasteiger partial charge in [-0.1, -0.05) is 33.6 Å². The largest absolute Gasteiger partial charge is 0.311 e. The van der Waals surface area contributed by atoms with E-state index in [9.17, 15) is 0 Å². The van der Waals surface area contributed by atoms with Gasteiger partial charge in [0.1, 0.15) is 0 Å². The highest BCUT2D eigenvalue weighted by Gasteiger charge is 2.12. The summed E-state index contributed by atoms with van der Waals surface area (Å²) in [5, 5.41) is 4.29. The fourth-order valence-corrected chi connectivity index (χ4v) is 2.94. The van der Waals surface area contributed by atoms with Crippen LogP contribution in [0.5, 0.6) is 0 Å². The van der Waals surface area contributed by atoms with Gasteiger partial charge in [-0.25, -0.2) is 0 Å². The molecule has 0 saturated carbocycles. The van der Waals surface area contributed by atoms with Gasteiger partial charge in [-0.05, 0) is 24.7 Å². The summed E-state index contributed by atoms with van der Waals surface area (Å²) in [6.45, 7) is 7.67. The molecule has 0 aromatic heterocycles. The van der Waals surface area contributed by atoms with Gasteiger partial charge in [-0.2, -0.15) is 0 Å². The van der Waals surface area contributed by atoms with Crippen molar-refractivity contribution in [2.45, 2.75) is 6.54 Å². The van der Waals surface area contributed by atoms with Crippen molar-refractivity contribution in [2.75, 3.05) is 46.3 Å². The molecule has 19 heavy (non-hydrogen) atoms. The van der Waals surface area contributed by atoms with E-state index in [2.05, 4.69) is 44.2 Å². The SMILES string of the molecule is CN1CCN(CCNCc2ccc(Br)cc2Cl)CC1. The van der Waals surface area contributed by atoms with E-state index in [1.165, 1.54) is 26.2 Å². The van der Waals surface area contributed by atoms with E-state index in [1.807, 2.05) is 12.1 Å². The first-order valence-electron chi connectivity index (χ1n) is 6.71. The van der Waals surface area contributed by atoms with Crippen LogP contribution in [0.2, 0.25) is 5.02 Å². The number of nitrogens with zero attached hydrogens (tertiary/aromatic N) is 2. The Hall–Kier alpha value is -0.130. The minimum atomic E-state index is 0.821. The first-order valence-corrected chi connectivity index (χ1v) is 7.88. The van der Waals surface area contributed by atoms with Gasteiger partial charge in [0.05, 0.1) is 0 Å². The number of rotatable bonds is 5. The van der Waals surface area contributed by atoms with E-state index in [-0.39, 0.29) is 0 Å². The fourth-order valence-electron chi connectivity index (χ4n) is 2.20. The number of nitrogens with one attached hydrogen (secondary N) is 1. The van der Waals surface area contributed by atoms with Crippen LogP contribution in [0.1, 0.15) is 5.56 Å². The Balaban J connectivity index is 1.66. The van der Waals surface area contributed by atoms with Crippen LogP contribution >= 0.6 is 27.5 Å². The molecule has 0 aliphatic carbocycles. The van der Waals surface area contributed by atoms with Crippen LogP contribution in [0, 0.1) is 0 Å². The van der Waals surface area contributed by atoms with Crippen LogP contribution in [-0.4, -0.2) is 56.1 Å². The molecule has 1 fully saturated rings. The van der Waals surface area contributed by atoms with Gasteiger partial charge >= 0.3 is 0 Å². The Kier molecular flexibility index (Phi) is 6.10. The maximum absolute atomic E-state index is 6.19. The maximum Gasteiger partial charge on any atom is 0.0462 e. The Morgan fingerprint density at radius 3 is 2.68 bits per heavy atom. The van der Waals surface area contributed by atoms with Crippen molar-refractivity contribution in [1.29, 1.82) is 0 Å². The predicted molar refractivity (Wildman–Crippen MR) is 84.8 cm³/mol. The van der Waals surface area contributed by atoms with Crippen LogP contribution in [0.15, 0.2) is 22.7 Å². The third kappa shape index (κ3) is 5.04. The smallest absolute Gasteiger partial charge is 0.0462 e. The molecule has 1 N–H and O–H groups in total. The lowest BCUT2D eigenvalue weighted by Gasteiger charge is -2.32. The van der Waals surface area contributed by atoms with Crippen molar-refractivity contribution in [1.82, 2.24) is 15.1 Å². The Morgan fingerprint density at radius 2 is 2.00 bits per heavy atom. The molecule has 1 heterocycles. The molecule has 1 aliphatic heterocycles. The summed E-state index contributed by atoms with van der Waals surface area (Å²) in [4.78, 5) is 4.89. The van der Waals surface area contributed by atoms with E-state index >= 15 is 0 Å². The zero-order valence-corrected chi connectivity index (χ0v) is 13.7. The Morgan fingerprint density at radius 1 is 1.26 bits per heavy atom. The Bertz CT molecular complexity index is 406. The van der Waals surface area contributed by atoms with Crippen molar-refractivity contribution in [3.8, 4) is 0 Å². The molecule has 0 spiro atoms. The number of benzene rings is 1. The molecule has 1 saturated heterocycles. The molecule has 1 aliphatic rings. The molecule has 2 rings (SSSR count). The molecule has 0 unspecified atom stereocenters. The van der Waals surface area contributed by atoms with Gasteiger partial charge < -0.3 is 10.2 Å². The number of piperazine rings is 1. The normalized spacial score (nSPS) is 17.8. The second kappa shape index (κ2) is 7.60. The number of hydrogen-bond donors (Lipinski definition) is 1. The summed E-state index contributed by atoms with van der Waals surface area (Å²) in [6.07, 6.45) is 0. The van der Waals surface area contributed by atoms with E-state index in [0.29, 0.717) is 0 Å². The summed E-state index contributed by atoms with van der Waals surface area (Å²) in [5.74, 6) is 0. The van der Waals surface area contributed by atoms with Gasteiger partial charge in [0.25, 0.3) is 0 Å². The average molecular weight is 347 g/mol. The molecule has 5 heteroatoms. The van der Waals surface area contributed by atoms with Crippen molar-refractivity contribution in [3.63, 3.8) is 0 Å². The highest BCUT2D eigenvalue weighted by atomic mass is 79.9. The standard InChI is InChI=1S/C14H21BrClN3/c1-18-6-8-19(9-7-18)5-4-17-11-12-2-3-13(15)10-14(12)16/h2-3,10,17H,4-9,11H2,1H3. The van der Waals surface area contributed by atoms with Crippen LogP contribution in [0.3, 0.4) is 0 Å².